The van der Waals surface area contributed by atoms with E-state index >= 15 is 0 Å². The van der Waals surface area contributed by atoms with Crippen LogP contribution in [0.15, 0.2) is 0 Å². The summed E-state index contributed by atoms with van der Waals surface area (Å²) in [6.07, 6.45) is 2.16. The van der Waals surface area contributed by atoms with Crippen LogP contribution in [-0.2, 0) is 28.7 Å². The van der Waals surface area contributed by atoms with Crippen LogP contribution >= 0.6 is 0 Å². The van der Waals surface area contributed by atoms with Gasteiger partial charge in [-0.1, -0.05) is 41.5 Å². The molecule has 1 aliphatic rings. The minimum atomic E-state index is -1.02. The Morgan fingerprint density at radius 1 is 1.00 bits per heavy atom. The molecule has 8 nitrogen and oxygen atoms in total. The first-order valence-electron chi connectivity index (χ1n) is 13.2. The number of nitrogens with zero attached hydrogens (tertiary/aromatic N) is 1. The average molecular weight is 511 g/mol. The van der Waals surface area contributed by atoms with E-state index in [1.54, 1.807) is 32.7 Å². The first-order valence-corrected chi connectivity index (χ1v) is 13.2. The lowest BCUT2D eigenvalue weighted by molar-refractivity contribution is -0.173. The number of carbonyl (C=O) groups excluding carboxylic acids is 4. The lowest BCUT2D eigenvalue weighted by Crippen LogP contribution is -2.47. The van der Waals surface area contributed by atoms with Crippen molar-refractivity contribution in [3.8, 4) is 0 Å². The van der Waals surface area contributed by atoms with Crippen LogP contribution in [-0.4, -0.2) is 54.1 Å². The fourth-order valence-corrected chi connectivity index (χ4v) is 5.60. The van der Waals surface area contributed by atoms with Crippen molar-refractivity contribution in [1.82, 2.24) is 10.2 Å². The zero-order valence-electron chi connectivity index (χ0n) is 24.5. The number of carbonyl (C=O) groups is 4. The zero-order valence-corrected chi connectivity index (χ0v) is 24.5. The molecule has 0 aromatic heterocycles. The molecule has 1 N–H and O–H groups in total. The Labute approximate surface area is 218 Å². The molecule has 8 heteroatoms. The van der Waals surface area contributed by atoms with Gasteiger partial charge in [0.25, 0.3) is 0 Å². The predicted molar refractivity (Wildman–Crippen MR) is 140 cm³/mol. The number of hydrogen-bond donors (Lipinski definition) is 1. The van der Waals surface area contributed by atoms with Gasteiger partial charge in [0.2, 0.25) is 11.8 Å². The largest absolute Gasteiger partial charge is 0.459 e. The van der Waals surface area contributed by atoms with Crippen molar-refractivity contribution in [1.29, 1.82) is 0 Å². The summed E-state index contributed by atoms with van der Waals surface area (Å²) in [6, 6.07) is 0. The highest BCUT2D eigenvalue weighted by atomic mass is 16.6. The third-order valence-electron chi connectivity index (χ3n) is 7.15. The first kappa shape index (κ1) is 31.9. The molecule has 208 valence electrons. The van der Waals surface area contributed by atoms with Gasteiger partial charge in [0.15, 0.2) is 6.23 Å². The van der Waals surface area contributed by atoms with E-state index in [9.17, 15) is 19.2 Å². The van der Waals surface area contributed by atoms with Gasteiger partial charge in [-0.15, -0.1) is 0 Å². The van der Waals surface area contributed by atoms with Gasteiger partial charge in [0, 0.05) is 25.4 Å². The molecular weight excluding hydrogens is 460 g/mol. The highest BCUT2D eigenvalue weighted by Crippen LogP contribution is 2.43. The van der Waals surface area contributed by atoms with E-state index in [1.165, 1.54) is 0 Å². The molecule has 4 atom stereocenters. The van der Waals surface area contributed by atoms with Crippen LogP contribution in [0.25, 0.3) is 0 Å². The first-order chi connectivity index (χ1) is 16.3. The molecule has 1 heterocycles. The molecule has 0 aliphatic carbocycles. The second-order valence-electron chi connectivity index (χ2n) is 12.9. The number of rotatable bonds is 12. The summed E-state index contributed by atoms with van der Waals surface area (Å²) in [4.78, 5) is 53.0. The maximum absolute atomic E-state index is 13.4. The molecule has 0 aromatic rings. The normalized spacial score (nSPS) is 19.6. The number of esters is 2. The van der Waals surface area contributed by atoms with Crippen molar-refractivity contribution in [3.63, 3.8) is 0 Å². The molecule has 0 radical (unpaired) electrons. The Bertz CT molecular complexity index is 817. The molecule has 1 saturated heterocycles. The molecule has 1 fully saturated rings. The molecule has 36 heavy (non-hydrogen) atoms. The molecule has 1 rings (SSSR count). The summed E-state index contributed by atoms with van der Waals surface area (Å²) in [5.74, 6) is -1.69. The van der Waals surface area contributed by atoms with Crippen LogP contribution in [0, 0.1) is 22.2 Å². The van der Waals surface area contributed by atoms with E-state index < -0.39 is 34.5 Å². The van der Waals surface area contributed by atoms with Crippen molar-refractivity contribution < 1.29 is 28.7 Å². The topological polar surface area (TPSA) is 102 Å². The number of hydrogen-bond acceptors (Lipinski definition) is 6. The lowest BCUT2D eigenvalue weighted by atomic mass is 9.67. The monoisotopic (exact) mass is 510 g/mol. The van der Waals surface area contributed by atoms with Gasteiger partial charge in [-0.25, -0.2) is 0 Å². The molecule has 0 spiro atoms. The SMILES string of the molecule is CCC(C)(CC(C)(CC(C)C(=O)OC(C)N1CCCC1=O)C(=O)NC)C(=O)OC(C)(C)CC(C)(C)C. The Kier molecular flexibility index (Phi) is 10.6. The minimum Gasteiger partial charge on any atom is -0.459 e. The van der Waals surface area contributed by atoms with Gasteiger partial charge in [-0.3, -0.25) is 19.2 Å². The third kappa shape index (κ3) is 8.77. The summed E-state index contributed by atoms with van der Waals surface area (Å²) in [5, 5.41) is 2.71. The van der Waals surface area contributed by atoms with Crippen LogP contribution in [0.5, 0.6) is 0 Å². The summed E-state index contributed by atoms with van der Waals surface area (Å²) >= 11 is 0. The number of nitrogens with one attached hydrogen (secondary N) is 1. The van der Waals surface area contributed by atoms with Gasteiger partial charge in [0.05, 0.1) is 11.3 Å². The van der Waals surface area contributed by atoms with Crippen molar-refractivity contribution >= 4 is 23.8 Å². The van der Waals surface area contributed by atoms with Gasteiger partial charge in [0.1, 0.15) is 5.60 Å². The fraction of sp³-hybridized carbons (Fsp3) is 0.857. The second kappa shape index (κ2) is 12.0. The van der Waals surface area contributed by atoms with Gasteiger partial charge in [-0.2, -0.15) is 0 Å². The molecule has 2 amide bonds. The number of ether oxygens (including phenoxy) is 2. The van der Waals surface area contributed by atoms with Gasteiger partial charge < -0.3 is 19.7 Å². The maximum atomic E-state index is 13.4. The fourth-order valence-electron chi connectivity index (χ4n) is 5.60. The van der Waals surface area contributed by atoms with E-state index in [4.69, 9.17) is 9.47 Å². The maximum Gasteiger partial charge on any atom is 0.312 e. The quantitative estimate of drug-likeness (QED) is 0.377. The molecular formula is C28H50N2O6. The Hall–Kier alpha value is -2.12. The van der Waals surface area contributed by atoms with E-state index in [0.717, 1.165) is 6.42 Å². The minimum absolute atomic E-state index is 0.0182. The smallest absolute Gasteiger partial charge is 0.312 e. The second-order valence-corrected chi connectivity index (χ2v) is 12.9. The van der Waals surface area contributed by atoms with Crippen LogP contribution in [0.4, 0.5) is 0 Å². The van der Waals surface area contributed by atoms with Crippen LogP contribution in [0.1, 0.15) is 108 Å². The highest BCUT2D eigenvalue weighted by Gasteiger charge is 2.47. The van der Waals surface area contributed by atoms with Crippen molar-refractivity contribution in [2.45, 2.75) is 120 Å². The third-order valence-corrected chi connectivity index (χ3v) is 7.15. The zero-order chi connectivity index (χ0) is 28.1. The van der Waals surface area contributed by atoms with Crippen LogP contribution < -0.4 is 5.32 Å². The van der Waals surface area contributed by atoms with E-state index in [1.807, 2.05) is 27.7 Å². The number of amides is 2. The van der Waals surface area contributed by atoms with Crippen LogP contribution in [0.3, 0.4) is 0 Å². The average Bonchev–Trinajstić information content (AvgIpc) is 3.16. The Morgan fingerprint density at radius 2 is 1.58 bits per heavy atom. The van der Waals surface area contributed by atoms with Gasteiger partial charge >= 0.3 is 11.9 Å². The molecule has 0 bridgehead atoms. The molecule has 0 saturated carbocycles. The predicted octanol–water partition coefficient (Wildman–Crippen LogP) is 4.84. The summed E-state index contributed by atoms with van der Waals surface area (Å²) in [7, 11) is 1.55. The van der Waals surface area contributed by atoms with Gasteiger partial charge in [-0.05, 0) is 65.2 Å². The molecule has 4 unspecified atom stereocenters. The standard InChI is InChI=1S/C28H50N2O6/c1-12-27(9,24(34)36-26(7,8)17-25(4,5)6)18-28(10,23(33)29-11)16-19(2)22(32)35-20(3)30-15-13-14-21(30)31/h19-20H,12-18H2,1-11H3,(H,29,33). The van der Waals surface area contributed by atoms with E-state index in [-0.39, 0.29) is 36.0 Å². The lowest BCUT2D eigenvalue weighted by Gasteiger charge is -2.40. The van der Waals surface area contributed by atoms with Crippen molar-refractivity contribution in [2.75, 3.05) is 13.6 Å². The van der Waals surface area contributed by atoms with E-state index in [2.05, 4.69) is 26.1 Å². The Morgan fingerprint density at radius 3 is 2.03 bits per heavy atom. The molecule has 0 aromatic carbocycles. The molecule has 1 aliphatic heterocycles. The summed E-state index contributed by atoms with van der Waals surface area (Å²) in [6.45, 7) is 19.6. The van der Waals surface area contributed by atoms with Crippen molar-refractivity contribution in [3.05, 3.63) is 0 Å². The summed E-state index contributed by atoms with van der Waals surface area (Å²) < 4.78 is 11.6. The summed E-state index contributed by atoms with van der Waals surface area (Å²) in [5.41, 5.74) is -2.61. The highest BCUT2D eigenvalue weighted by molar-refractivity contribution is 5.85. The Balaban J connectivity index is 3.04. The van der Waals surface area contributed by atoms with Crippen molar-refractivity contribution in [2.24, 2.45) is 22.2 Å². The number of likely N-dealkylation sites (tertiary alicyclic amines) is 1. The van der Waals surface area contributed by atoms with Crippen LogP contribution in [0.2, 0.25) is 0 Å². The van der Waals surface area contributed by atoms with E-state index in [0.29, 0.717) is 25.8 Å².